The number of carboxylic acids is 1. The number of urea groups is 1. The average Bonchev–Trinajstić information content (AvgIpc) is 2.77. The fourth-order valence-electron chi connectivity index (χ4n) is 2.17. The minimum absolute atomic E-state index is 0.0143. The van der Waals surface area contributed by atoms with Gasteiger partial charge in [-0.15, -0.1) is 11.3 Å². The van der Waals surface area contributed by atoms with Gasteiger partial charge in [0.15, 0.2) is 0 Å². The number of nitrogens with one attached hydrogen (secondary N) is 2. The van der Waals surface area contributed by atoms with Crippen LogP contribution in [0.15, 0.2) is 11.4 Å². The van der Waals surface area contributed by atoms with E-state index in [0.29, 0.717) is 0 Å². The third-order valence-electron chi connectivity index (χ3n) is 3.32. The molecule has 5 nitrogen and oxygen atoms in total. The van der Waals surface area contributed by atoms with Crippen molar-refractivity contribution in [3.8, 4) is 0 Å². The highest BCUT2D eigenvalue weighted by Gasteiger charge is 2.30. The zero-order valence-electron chi connectivity index (χ0n) is 11.0. The van der Waals surface area contributed by atoms with Crippen LogP contribution in [0.2, 0.25) is 0 Å². The lowest BCUT2D eigenvalue weighted by Gasteiger charge is -2.27. The van der Waals surface area contributed by atoms with Crippen molar-refractivity contribution >= 4 is 23.3 Å². The Morgan fingerprint density at radius 2 is 2.21 bits per heavy atom. The first-order chi connectivity index (χ1) is 8.90. The highest BCUT2D eigenvalue weighted by Crippen LogP contribution is 2.33. The van der Waals surface area contributed by atoms with Crippen LogP contribution in [0.3, 0.4) is 0 Å². The maximum atomic E-state index is 11.9. The number of rotatable bonds is 3. The molecule has 2 rings (SSSR count). The molecular weight excluding hydrogens is 264 g/mol. The Morgan fingerprint density at radius 1 is 1.47 bits per heavy atom. The van der Waals surface area contributed by atoms with E-state index in [1.54, 1.807) is 11.3 Å². The smallest absolute Gasteiger partial charge is 0.328 e. The van der Waals surface area contributed by atoms with E-state index >= 15 is 0 Å². The van der Waals surface area contributed by atoms with Crippen molar-refractivity contribution in [1.29, 1.82) is 0 Å². The van der Waals surface area contributed by atoms with Crippen LogP contribution in [-0.4, -0.2) is 22.6 Å². The molecule has 1 aliphatic carbocycles. The first-order valence-corrected chi connectivity index (χ1v) is 7.16. The molecule has 104 valence electrons. The number of amides is 2. The summed E-state index contributed by atoms with van der Waals surface area (Å²) in [6.45, 7) is 2.93. The third kappa shape index (κ3) is 3.07. The fourth-order valence-corrected chi connectivity index (χ4v) is 3.16. The summed E-state index contributed by atoms with van der Waals surface area (Å²) in [6, 6.07) is 1.59. The SMILES string of the molecule is CC(C)(NC(=O)NC1CCCc2sccc21)C(=O)O. The molecule has 0 saturated heterocycles. The predicted octanol–water partition coefficient (Wildman–Crippen LogP) is 2.29. The Balaban J connectivity index is 2.00. The summed E-state index contributed by atoms with van der Waals surface area (Å²) in [5.41, 5.74) is -0.101. The van der Waals surface area contributed by atoms with Crippen LogP contribution in [-0.2, 0) is 11.2 Å². The predicted molar refractivity (Wildman–Crippen MR) is 73.4 cm³/mol. The van der Waals surface area contributed by atoms with Gasteiger partial charge >= 0.3 is 12.0 Å². The van der Waals surface area contributed by atoms with Crippen LogP contribution in [0.1, 0.15) is 43.2 Å². The number of carbonyl (C=O) groups excluding carboxylic acids is 1. The Bertz CT molecular complexity index is 496. The fraction of sp³-hybridized carbons (Fsp3) is 0.538. The lowest BCUT2D eigenvalue weighted by atomic mass is 9.94. The van der Waals surface area contributed by atoms with Crippen LogP contribution >= 0.6 is 11.3 Å². The molecule has 19 heavy (non-hydrogen) atoms. The number of carbonyl (C=O) groups is 2. The zero-order chi connectivity index (χ0) is 14.0. The molecule has 0 saturated carbocycles. The van der Waals surface area contributed by atoms with E-state index in [9.17, 15) is 9.59 Å². The summed E-state index contributed by atoms with van der Waals surface area (Å²) in [6.07, 6.45) is 3.00. The van der Waals surface area contributed by atoms with E-state index in [1.165, 1.54) is 24.3 Å². The van der Waals surface area contributed by atoms with Crippen LogP contribution in [0.5, 0.6) is 0 Å². The highest BCUT2D eigenvalue weighted by atomic mass is 32.1. The Labute approximate surface area is 116 Å². The van der Waals surface area contributed by atoms with Crippen LogP contribution < -0.4 is 10.6 Å². The second-order valence-corrected chi connectivity index (χ2v) is 6.27. The number of hydrogen-bond acceptors (Lipinski definition) is 3. The number of aliphatic carboxylic acids is 1. The summed E-state index contributed by atoms with van der Waals surface area (Å²) >= 11 is 1.71. The first kappa shape index (κ1) is 13.9. The molecule has 1 aromatic rings. The monoisotopic (exact) mass is 282 g/mol. The number of hydrogen-bond donors (Lipinski definition) is 3. The molecule has 1 atom stereocenters. The third-order valence-corrected chi connectivity index (χ3v) is 4.31. The van der Waals surface area contributed by atoms with Crippen molar-refractivity contribution in [2.75, 3.05) is 0 Å². The lowest BCUT2D eigenvalue weighted by Crippen LogP contribution is -2.53. The number of fused-ring (bicyclic) bond motifs is 1. The van der Waals surface area contributed by atoms with Crippen molar-refractivity contribution in [2.24, 2.45) is 0 Å². The Morgan fingerprint density at radius 3 is 2.89 bits per heavy atom. The summed E-state index contributed by atoms with van der Waals surface area (Å²) < 4.78 is 0. The summed E-state index contributed by atoms with van der Waals surface area (Å²) in [7, 11) is 0. The van der Waals surface area contributed by atoms with Gasteiger partial charge in [-0.1, -0.05) is 0 Å². The molecule has 1 aromatic heterocycles. The van der Waals surface area contributed by atoms with E-state index in [2.05, 4.69) is 10.6 Å². The van der Waals surface area contributed by atoms with Crippen molar-refractivity contribution in [3.63, 3.8) is 0 Å². The first-order valence-electron chi connectivity index (χ1n) is 6.28. The molecule has 0 radical (unpaired) electrons. The Kier molecular flexibility index (Phi) is 3.80. The molecule has 0 bridgehead atoms. The summed E-state index contributed by atoms with van der Waals surface area (Å²) in [5.74, 6) is -1.05. The number of thiophene rings is 1. The van der Waals surface area contributed by atoms with Gasteiger partial charge in [-0.2, -0.15) is 0 Å². The average molecular weight is 282 g/mol. The molecule has 0 aromatic carbocycles. The molecule has 0 aliphatic heterocycles. The molecule has 6 heteroatoms. The van der Waals surface area contributed by atoms with Crippen LogP contribution in [0.25, 0.3) is 0 Å². The van der Waals surface area contributed by atoms with Gasteiger partial charge in [0, 0.05) is 4.88 Å². The second kappa shape index (κ2) is 5.21. The zero-order valence-corrected chi connectivity index (χ0v) is 11.8. The minimum atomic E-state index is -1.27. The van der Waals surface area contributed by atoms with Gasteiger partial charge in [0.2, 0.25) is 0 Å². The number of aryl methyl sites for hydroxylation is 1. The standard InChI is InChI=1S/C13H18N2O3S/c1-13(2,11(16)17)15-12(18)14-9-4-3-5-10-8(9)6-7-19-10/h6-7,9H,3-5H2,1-2H3,(H,16,17)(H2,14,15,18). The highest BCUT2D eigenvalue weighted by molar-refractivity contribution is 7.10. The van der Waals surface area contributed by atoms with E-state index in [4.69, 9.17) is 5.11 Å². The van der Waals surface area contributed by atoms with Crippen LogP contribution in [0.4, 0.5) is 4.79 Å². The maximum absolute atomic E-state index is 11.9. The van der Waals surface area contributed by atoms with Gasteiger partial charge in [-0.3, -0.25) is 0 Å². The summed E-state index contributed by atoms with van der Waals surface area (Å²) in [5, 5.41) is 16.4. The van der Waals surface area contributed by atoms with Crippen molar-refractivity contribution < 1.29 is 14.7 Å². The molecular formula is C13H18N2O3S. The van der Waals surface area contributed by atoms with Gasteiger partial charge in [0.25, 0.3) is 0 Å². The van der Waals surface area contributed by atoms with Crippen molar-refractivity contribution in [1.82, 2.24) is 10.6 Å². The second-order valence-electron chi connectivity index (χ2n) is 5.27. The molecule has 0 fully saturated rings. The molecule has 2 amide bonds. The van der Waals surface area contributed by atoms with Crippen molar-refractivity contribution in [2.45, 2.75) is 44.7 Å². The van der Waals surface area contributed by atoms with E-state index in [1.807, 2.05) is 11.4 Å². The normalized spacial score (nSPS) is 18.5. The van der Waals surface area contributed by atoms with Gasteiger partial charge in [0.05, 0.1) is 6.04 Å². The van der Waals surface area contributed by atoms with E-state index in [0.717, 1.165) is 19.3 Å². The largest absolute Gasteiger partial charge is 0.480 e. The van der Waals surface area contributed by atoms with Gasteiger partial charge < -0.3 is 15.7 Å². The van der Waals surface area contributed by atoms with Gasteiger partial charge in [-0.05, 0) is 50.1 Å². The van der Waals surface area contributed by atoms with Crippen molar-refractivity contribution in [3.05, 3.63) is 21.9 Å². The quantitative estimate of drug-likeness (QED) is 0.796. The molecule has 1 aliphatic rings. The molecule has 1 heterocycles. The number of carboxylic acid groups (broad SMARTS) is 1. The summed E-state index contributed by atoms with van der Waals surface area (Å²) in [4.78, 5) is 24.2. The lowest BCUT2D eigenvalue weighted by molar-refractivity contribution is -0.142. The topological polar surface area (TPSA) is 78.4 Å². The van der Waals surface area contributed by atoms with Gasteiger partial charge in [0.1, 0.15) is 5.54 Å². The van der Waals surface area contributed by atoms with Crippen LogP contribution in [0, 0.1) is 0 Å². The Hall–Kier alpha value is -1.56. The molecule has 1 unspecified atom stereocenters. The van der Waals surface area contributed by atoms with E-state index < -0.39 is 17.5 Å². The maximum Gasteiger partial charge on any atom is 0.328 e. The molecule has 0 spiro atoms. The van der Waals surface area contributed by atoms with Gasteiger partial charge in [-0.25, -0.2) is 9.59 Å². The van der Waals surface area contributed by atoms with E-state index in [-0.39, 0.29) is 6.04 Å². The minimum Gasteiger partial charge on any atom is -0.480 e. The molecule has 3 N–H and O–H groups in total.